The maximum Gasteiger partial charge on any atom is 0.321 e. The molecule has 0 aliphatic heterocycles. The largest absolute Gasteiger partial charge is 0.546 e. The van der Waals surface area contributed by atoms with Crippen LogP contribution in [-0.2, 0) is 4.43 Å². The van der Waals surface area contributed by atoms with Crippen molar-refractivity contribution in [3.63, 3.8) is 0 Å². The lowest BCUT2D eigenvalue weighted by molar-refractivity contribution is 0.329. The van der Waals surface area contributed by atoms with Crippen LogP contribution in [0.4, 0.5) is 0 Å². The fourth-order valence-electron chi connectivity index (χ4n) is 0.697. The van der Waals surface area contributed by atoms with E-state index in [-0.39, 0.29) is 9.38 Å². The molecule has 0 bridgehead atoms. The molecule has 0 heterocycles. The number of aliphatic hydroxyl groups excluding tert-OH is 1. The molecule has 3 heteroatoms. The minimum Gasteiger partial charge on any atom is -0.546 e. The zero-order valence-electron chi connectivity index (χ0n) is 6.47. The summed E-state index contributed by atoms with van der Waals surface area (Å²) in [7, 11) is 0.157. The Kier molecular flexibility index (Phi) is 8.41. The van der Waals surface area contributed by atoms with Gasteiger partial charge in [0.1, 0.15) is 0 Å². The van der Waals surface area contributed by atoms with Crippen LogP contribution in [0.15, 0.2) is 0 Å². The summed E-state index contributed by atoms with van der Waals surface area (Å²) in [4.78, 5) is 0. The molecule has 0 saturated carbocycles. The molecular formula is C7H15O2Si. The maximum absolute atomic E-state index is 8.23. The molecule has 0 rings (SSSR count). The van der Waals surface area contributed by atoms with Crippen molar-refractivity contribution in [3.8, 4) is 0 Å². The van der Waals surface area contributed by atoms with E-state index in [0.29, 0.717) is 0 Å². The fourth-order valence-corrected chi connectivity index (χ4v) is 1.03. The van der Waals surface area contributed by atoms with Gasteiger partial charge in [0.05, 0.1) is 12.5 Å². The van der Waals surface area contributed by atoms with Crippen LogP contribution in [0.25, 0.3) is 0 Å². The van der Waals surface area contributed by atoms with E-state index in [1.54, 1.807) is 0 Å². The molecule has 0 unspecified atom stereocenters. The zero-order chi connectivity index (χ0) is 7.66. The molecule has 10 heavy (non-hydrogen) atoms. The van der Waals surface area contributed by atoms with Gasteiger partial charge < -0.3 is 9.53 Å². The first-order valence-corrected chi connectivity index (χ1v) is 4.73. The van der Waals surface area contributed by atoms with Crippen molar-refractivity contribution in [2.45, 2.75) is 32.6 Å². The predicted octanol–water partition coefficient (Wildman–Crippen LogP) is 1.33. The molecule has 0 saturated heterocycles. The zero-order valence-corrected chi connectivity index (χ0v) is 7.47. The first-order chi connectivity index (χ1) is 4.91. The highest BCUT2D eigenvalue weighted by atomic mass is 28.2. The molecule has 0 spiro atoms. The van der Waals surface area contributed by atoms with Crippen LogP contribution in [-0.4, -0.2) is 26.9 Å². The normalized spacial score (nSPS) is 10.5. The van der Waals surface area contributed by atoms with E-state index in [1.807, 2.05) is 0 Å². The van der Waals surface area contributed by atoms with Gasteiger partial charge in [0.2, 0.25) is 0 Å². The monoisotopic (exact) mass is 159 g/mol. The van der Waals surface area contributed by atoms with E-state index < -0.39 is 0 Å². The van der Waals surface area contributed by atoms with Gasteiger partial charge in [-0.2, -0.15) is 0 Å². The van der Waals surface area contributed by atoms with Crippen LogP contribution >= 0.6 is 0 Å². The summed E-state index contributed by atoms with van der Waals surface area (Å²) in [6.45, 7) is 2.97. The number of rotatable bonds is 6. The molecule has 0 aromatic rings. The standard InChI is InChI=1S/C7H15O2Si/c1-2-3-4-5-6-9-10-7-8/h7-8H,2-6H2,1H3. The summed E-state index contributed by atoms with van der Waals surface area (Å²) < 4.78 is 5.05. The lowest BCUT2D eigenvalue weighted by Crippen LogP contribution is -1.95. The van der Waals surface area contributed by atoms with E-state index in [9.17, 15) is 0 Å². The molecule has 2 nitrogen and oxygen atoms in total. The minimum absolute atomic E-state index is 0.157. The van der Waals surface area contributed by atoms with Gasteiger partial charge in [-0.25, -0.2) is 0 Å². The molecule has 0 aromatic carbocycles. The van der Waals surface area contributed by atoms with Crippen molar-refractivity contribution in [1.29, 1.82) is 0 Å². The van der Waals surface area contributed by atoms with Crippen molar-refractivity contribution in [2.24, 2.45) is 0 Å². The van der Waals surface area contributed by atoms with Crippen LogP contribution in [0.3, 0.4) is 0 Å². The second-order valence-electron chi connectivity index (χ2n) is 2.16. The van der Waals surface area contributed by atoms with Crippen LogP contribution < -0.4 is 0 Å². The van der Waals surface area contributed by atoms with Crippen molar-refractivity contribution in [3.05, 3.63) is 0 Å². The van der Waals surface area contributed by atoms with E-state index in [0.717, 1.165) is 18.9 Å². The minimum atomic E-state index is 0.157. The Morgan fingerprint density at radius 3 is 2.80 bits per heavy atom. The topological polar surface area (TPSA) is 29.5 Å². The predicted molar refractivity (Wildman–Crippen MR) is 43.8 cm³/mol. The molecular weight excluding hydrogens is 144 g/mol. The first-order valence-electron chi connectivity index (χ1n) is 3.75. The maximum atomic E-state index is 8.23. The van der Waals surface area contributed by atoms with Gasteiger partial charge in [0.15, 0.2) is 0 Å². The molecule has 0 fully saturated rings. The molecule has 1 N–H and O–H groups in total. The van der Waals surface area contributed by atoms with Crippen molar-refractivity contribution in [2.75, 3.05) is 6.61 Å². The molecule has 0 amide bonds. The molecule has 0 aromatic heterocycles. The van der Waals surface area contributed by atoms with Gasteiger partial charge in [-0.1, -0.05) is 26.2 Å². The van der Waals surface area contributed by atoms with Crippen molar-refractivity contribution in [1.82, 2.24) is 0 Å². The average molecular weight is 159 g/mol. The third-order valence-electron chi connectivity index (χ3n) is 1.24. The Hall–Kier alpha value is -0.313. The highest BCUT2D eigenvalue weighted by Gasteiger charge is 1.85. The van der Waals surface area contributed by atoms with Gasteiger partial charge in [0.25, 0.3) is 0 Å². The third kappa shape index (κ3) is 7.69. The Balaban J connectivity index is 2.77. The van der Waals surface area contributed by atoms with Gasteiger partial charge in [-0.3, -0.25) is 0 Å². The third-order valence-corrected chi connectivity index (χ3v) is 1.71. The van der Waals surface area contributed by atoms with Crippen LogP contribution in [0, 0.1) is 0 Å². The number of aliphatic hydroxyl groups is 1. The summed E-state index contributed by atoms with van der Waals surface area (Å²) in [5, 5.41) is 8.23. The molecule has 0 atom stereocenters. The summed E-state index contributed by atoms with van der Waals surface area (Å²) in [6.07, 6.45) is 4.91. The lowest BCUT2D eigenvalue weighted by atomic mass is 10.2. The Morgan fingerprint density at radius 2 is 2.20 bits per heavy atom. The average Bonchev–Trinajstić information content (AvgIpc) is 1.97. The summed E-state index contributed by atoms with van der Waals surface area (Å²) in [5.41, 5.74) is 0. The van der Waals surface area contributed by atoms with E-state index in [1.165, 1.54) is 19.3 Å². The second-order valence-corrected chi connectivity index (χ2v) is 2.94. The molecule has 0 aliphatic carbocycles. The Labute approximate surface area is 64.8 Å². The van der Waals surface area contributed by atoms with Gasteiger partial charge in [-0.05, 0) is 6.42 Å². The lowest BCUT2D eigenvalue weighted by Gasteiger charge is -1.98. The van der Waals surface area contributed by atoms with Crippen molar-refractivity contribution >= 4 is 15.2 Å². The number of hydrogen-bond acceptors (Lipinski definition) is 2. The highest BCUT2D eigenvalue weighted by molar-refractivity contribution is 6.38. The Bertz CT molecular complexity index is 83.7. The smallest absolute Gasteiger partial charge is 0.321 e. The Morgan fingerprint density at radius 1 is 1.40 bits per heavy atom. The SMILES string of the molecule is CCCCCCO[Si]=CO. The van der Waals surface area contributed by atoms with E-state index in [4.69, 9.17) is 9.53 Å². The van der Waals surface area contributed by atoms with Crippen molar-refractivity contribution < 1.29 is 9.53 Å². The summed E-state index contributed by atoms with van der Waals surface area (Å²) in [6, 6.07) is 0. The molecule has 59 valence electrons. The van der Waals surface area contributed by atoms with Crippen LogP contribution in [0.2, 0.25) is 0 Å². The van der Waals surface area contributed by atoms with Gasteiger partial charge in [-0.15, -0.1) is 0 Å². The summed E-state index contributed by atoms with van der Waals surface area (Å²) >= 11 is 0. The van der Waals surface area contributed by atoms with E-state index in [2.05, 4.69) is 6.92 Å². The first kappa shape index (κ1) is 9.69. The number of unbranched alkanes of at least 4 members (excludes halogenated alkanes) is 3. The quantitative estimate of drug-likeness (QED) is 0.468. The van der Waals surface area contributed by atoms with Gasteiger partial charge >= 0.3 is 9.38 Å². The van der Waals surface area contributed by atoms with E-state index >= 15 is 0 Å². The second kappa shape index (κ2) is 8.69. The highest BCUT2D eigenvalue weighted by Crippen LogP contribution is 1.97. The molecule has 1 radical (unpaired) electrons. The van der Waals surface area contributed by atoms with Gasteiger partial charge in [0, 0.05) is 0 Å². The number of hydrogen-bond donors (Lipinski definition) is 1. The molecule has 0 aliphatic rings. The summed E-state index contributed by atoms with van der Waals surface area (Å²) in [5.74, 6) is 1.07. The van der Waals surface area contributed by atoms with Crippen LogP contribution in [0.5, 0.6) is 0 Å². The van der Waals surface area contributed by atoms with Crippen LogP contribution in [0.1, 0.15) is 32.6 Å². The fraction of sp³-hybridized carbons (Fsp3) is 0.857.